The Kier molecular flexibility index (Phi) is 14.8. The number of ketones is 1. The molecule has 1 aromatic heterocycles. The van der Waals surface area contributed by atoms with Gasteiger partial charge in [0.2, 0.25) is 5.78 Å². The second-order valence-corrected chi connectivity index (χ2v) is 6.57. The SMILES string of the molecule is CCN(CC)c1ccc(N=C2C=C(Cl)C(=O)c3ncccc32)c(C)c1.O=NO[O-].O=NO[O-].[Cu]. The van der Waals surface area contributed by atoms with Crippen LogP contribution in [0.1, 0.15) is 35.5 Å². The van der Waals surface area contributed by atoms with Crippen LogP contribution in [0.2, 0.25) is 0 Å². The Morgan fingerprint density at radius 1 is 1.09 bits per heavy atom. The topological polar surface area (TPSA) is 169 Å². The molecule has 1 aliphatic carbocycles. The van der Waals surface area contributed by atoms with Crippen molar-refractivity contribution >= 4 is 34.5 Å². The average molecular weight is 541 g/mol. The molecule has 1 radical (unpaired) electrons. The zero-order valence-electron chi connectivity index (χ0n) is 18.2. The van der Waals surface area contributed by atoms with E-state index in [1.807, 2.05) is 19.1 Å². The first-order chi connectivity index (χ1) is 15.9. The van der Waals surface area contributed by atoms with E-state index in [0.717, 1.165) is 24.3 Å². The number of anilines is 1. The van der Waals surface area contributed by atoms with Gasteiger partial charge in [-0.05, 0) is 62.7 Å². The number of aromatic nitrogens is 1. The fraction of sp³-hybridized carbons (Fsp3) is 0.250. The average Bonchev–Trinajstić information content (AvgIpc) is 2.85. The molecule has 187 valence electrons. The molecule has 0 fully saturated rings. The van der Waals surface area contributed by atoms with Gasteiger partial charge in [0.1, 0.15) is 16.4 Å². The molecule has 1 aliphatic rings. The summed E-state index contributed by atoms with van der Waals surface area (Å²) >= 11 is 6.08. The molecule has 0 atom stereocenters. The van der Waals surface area contributed by atoms with E-state index in [9.17, 15) is 4.79 Å². The van der Waals surface area contributed by atoms with Gasteiger partial charge in [-0.1, -0.05) is 11.6 Å². The maximum absolute atomic E-state index is 12.1. The van der Waals surface area contributed by atoms with Crippen LogP contribution in [-0.2, 0) is 27.0 Å². The summed E-state index contributed by atoms with van der Waals surface area (Å²) in [6.45, 7) is 8.24. The second-order valence-electron chi connectivity index (χ2n) is 6.16. The predicted molar refractivity (Wildman–Crippen MR) is 117 cm³/mol. The molecule has 1 aromatic carbocycles. The number of aliphatic imine (C=N–C) groups is 1. The smallest absolute Gasteiger partial charge is 0.223 e. The number of Topliss-reactive ketones (excluding diaryl/α,β-unsaturated/α-hetero) is 1. The summed E-state index contributed by atoms with van der Waals surface area (Å²) in [6.07, 6.45) is 3.21. The zero-order chi connectivity index (χ0) is 24.8. The van der Waals surface area contributed by atoms with E-state index < -0.39 is 0 Å². The van der Waals surface area contributed by atoms with Crippen LogP contribution in [0.3, 0.4) is 0 Å². The normalized spacial score (nSPS) is 12.4. The van der Waals surface area contributed by atoms with Gasteiger partial charge >= 0.3 is 0 Å². The largest absolute Gasteiger partial charge is 0.635 e. The van der Waals surface area contributed by atoms with Crippen LogP contribution in [0.25, 0.3) is 0 Å². The van der Waals surface area contributed by atoms with Gasteiger partial charge in [0.05, 0.1) is 16.4 Å². The number of halogens is 1. The number of fused-ring (bicyclic) bond motifs is 1. The Labute approximate surface area is 210 Å². The molecule has 0 saturated heterocycles. The van der Waals surface area contributed by atoms with Crippen LogP contribution in [-0.4, -0.2) is 29.6 Å². The van der Waals surface area contributed by atoms with Crippen molar-refractivity contribution in [3.8, 4) is 0 Å². The zero-order valence-corrected chi connectivity index (χ0v) is 19.9. The van der Waals surface area contributed by atoms with E-state index >= 15 is 0 Å². The van der Waals surface area contributed by atoms with E-state index in [1.165, 1.54) is 16.4 Å². The van der Waals surface area contributed by atoms with Crippen LogP contribution in [0.15, 0.2) is 63.3 Å². The number of benzene rings is 1. The van der Waals surface area contributed by atoms with E-state index in [2.05, 4.69) is 45.8 Å². The van der Waals surface area contributed by atoms with Crippen LogP contribution in [0, 0.1) is 16.7 Å². The number of nitrogens with zero attached hydrogens (tertiary/aromatic N) is 5. The molecule has 0 aliphatic heterocycles. The van der Waals surface area contributed by atoms with Gasteiger partial charge in [-0.3, -0.25) is 9.78 Å². The summed E-state index contributed by atoms with van der Waals surface area (Å²) in [5.74, 6) is -0.259. The first kappa shape index (κ1) is 30.8. The van der Waals surface area contributed by atoms with Crippen molar-refractivity contribution < 1.29 is 42.4 Å². The Bertz CT molecular complexity index is 1020. The van der Waals surface area contributed by atoms with E-state index in [0.29, 0.717) is 17.0 Å². The van der Waals surface area contributed by atoms with Crippen molar-refractivity contribution in [3.63, 3.8) is 0 Å². The number of hydrogen-bond donors (Lipinski definition) is 0. The van der Waals surface area contributed by atoms with Gasteiger partial charge in [0.25, 0.3) is 0 Å². The third-order valence-corrected chi connectivity index (χ3v) is 4.67. The minimum Gasteiger partial charge on any atom is -0.635 e. The molecule has 34 heavy (non-hydrogen) atoms. The number of rotatable bonds is 6. The Hall–Kier alpha value is -3.22. The quantitative estimate of drug-likeness (QED) is 0.231. The molecule has 14 heteroatoms. The Morgan fingerprint density at radius 2 is 1.68 bits per heavy atom. The molecule has 12 nitrogen and oxygen atoms in total. The molecular formula is C20H20ClCuN5O7-2. The van der Waals surface area contributed by atoms with Gasteiger partial charge in [-0.15, -0.1) is 9.81 Å². The van der Waals surface area contributed by atoms with Crippen LogP contribution < -0.4 is 15.4 Å². The number of allylic oxidation sites excluding steroid dienone is 2. The third kappa shape index (κ3) is 8.61. The number of aryl methyl sites for hydroxylation is 1. The van der Waals surface area contributed by atoms with Gasteiger partial charge in [0, 0.05) is 47.6 Å². The summed E-state index contributed by atoms with van der Waals surface area (Å²) in [7, 11) is 0. The molecule has 2 aromatic rings. The number of carbonyl (C=O) groups is 1. The molecule has 0 unspecified atom stereocenters. The molecule has 0 spiro atoms. The standard InChI is InChI=1S/C20H20ClN3O.Cu.2HNO3/c1-4-24(5-2)14-8-9-17(13(3)11-14)23-18-12-16(21)20(25)19-15(18)7-6-10-22-19;;2*2-1-4-3/h6-12H,4-5H2,1-3H3;;2*3H/p-2. The molecular weight excluding hydrogens is 521 g/mol. The van der Waals surface area contributed by atoms with Crippen LogP contribution in [0.5, 0.6) is 0 Å². The summed E-state index contributed by atoms with van der Waals surface area (Å²) in [4.78, 5) is 44.8. The van der Waals surface area contributed by atoms with E-state index in [1.54, 1.807) is 18.3 Å². The van der Waals surface area contributed by atoms with Crippen LogP contribution in [0.4, 0.5) is 11.4 Å². The molecule has 0 N–H and O–H groups in total. The van der Waals surface area contributed by atoms with Crippen molar-refractivity contribution in [1.29, 1.82) is 0 Å². The number of hydrogen-bond acceptors (Lipinski definition) is 12. The summed E-state index contributed by atoms with van der Waals surface area (Å²) in [6, 6.07) is 9.85. The van der Waals surface area contributed by atoms with Crippen molar-refractivity contribution in [3.05, 3.63) is 74.3 Å². The third-order valence-electron chi connectivity index (χ3n) is 4.39. The second kappa shape index (κ2) is 16.4. The van der Waals surface area contributed by atoms with Gasteiger partial charge in [-0.25, -0.2) is 4.99 Å². The summed E-state index contributed by atoms with van der Waals surface area (Å²) in [5, 5.41) is 19.6. The summed E-state index contributed by atoms with van der Waals surface area (Å²) in [5.41, 5.74) is 4.84. The van der Waals surface area contributed by atoms with Gasteiger partial charge in [-0.2, -0.15) is 0 Å². The fourth-order valence-electron chi connectivity index (χ4n) is 2.94. The van der Waals surface area contributed by atoms with Gasteiger partial charge in [0.15, 0.2) is 0 Å². The van der Waals surface area contributed by atoms with E-state index in [-0.39, 0.29) is 27.9 Å². The van der Waals surface area contributed by atoms with Gasteiger partial charge < -0.3 is 25.4 Å². The van der Waals surface area contributed by atoms with Crippen molar-refractivity contribution in [2.24, 2.45) is 15.7 Å². The van der Waals surface area contributed by atoms with E-state index in [4.69, 9.17) is 36.9 Å². The van der Waals surface area contributed by atoms with Crippen molar-refractivity contribution in [1.82, 2.24) is 4.98 Å². The Balaban J connectivity index is 0.00000106. The minimum absolute atomic E-state index is 0. The first-order valence-electron chi connectivity index (χ1n) is 9.43. The summed E-state index contributed by atoms with van der Waals surface area (Å²) < 4.78 is 0. The van der Waals surface area contributed by atoms with Crippen LogP contribution >= 0.6 is 11.6 Å². The molecule has 3 rings (SSSR count). The fourth-order valence-corrected chi connectivity index (χ4v) is 3.14. The molecule has 0 bridgehead atoms. The maximum Gasteiger partial charge on any atom is 0.223 e. The van der Waals surface area contributed by atoms with Crippen molar-refractivity contribution in [2.45, 2.75) is 20.8 Å². The number of pyridine rings is 1. The molecule has 1 heterocycles. The maximum atomic E-state index is 12.1. The van der Waals surface area contributed by atoms with Crippen molar-refractivity contribution in [2.75, 3.05) is 18.0 Å². The molecule has 0 amide bonds. The number of carbonyl (C=O) groups excluding carboxylic acids is 1. The monoisotopic (exact) mass is 540 g/mol. The Morgan fingerprint density at radius 3 is 2.18 bits per heavy atom. The molecule has 0 saturated carbocycles. The predicted octanol–water partition coefficient (Wildman–Crippen LogP) is 2.59. The first-order valence-corrected chi connectivity index (χ1v) is 9.80. The minimum atomic E-state index is -0.259.